The summed E-state index contributed by atoms with van der Waals surface area (Å²) in [5.74, 6) is 0. The van der Waals surface area contributed by atoms with E-state index in [0.29, 0.717) is 0 Å². The SMILES string of the molecule is C[As](=O)(O)[O][Fe]. The van der Waals surface area contributed by atoms with Crippen LogP contribution in [0.3, 0.4) is 0 Å². The second-order valence-electron chi connectivity index (χ2n) is 0.868. The zero-order valence-corrected chi connectivity index (χ0v) is 6.05. The molecule has 0 aromatic rings. The van der Waals surface area contributed by atoms with Crippen LogP contribution in [-0.4, -0.2) is 18.3 Å². The first kappa shape index (κ1) is 6.80. The van der Waals surface area contributed by atoms with Crippen molar-refractivity contribution in [2.75, 3.05) is 0 Å². The molecule has 0 rings (SSSR count). The molecule has 1 unspecified atom stereocenters. The van der Waals surface area contributed by atoms with Crippen LogP contribution >= 0.6 is 0 Å². The van der Waals surface area contributed by atoms with Crippen LogP contribution in [0.1, 0.15) is 0 Å². The van der Waals surface area contributed by atoms with Gasteiger partial charge in [-0.25, -0.2) is 0 Å². The molecule has 0 amide bonds. The van der Waals surface area contributed by atoms with Crippen molar-refractivity contribution in [2.45, 2.75) is 5.71 Å². The van der Waals surface area contributed by atoms with Crippen molar-refractivity contribution in [1.82, 2.24) is 0 Å². The van der Waals surface area contributed by atoms with Gasteiger partial charge in [-0.3, -0.25) is 0 Å². The average molecular weight is 195 g/mol. The first-order valence-corrected chi connectivity index (χ1v) is 5.86. The van der Waals surface area contributed by atoms with Crippen molar-refractivity contribution in [1.29, 1.82) is 0 Å². The van der Waals surface area contributed by atoms with E-state index in [2.05, 4.69) is 19.2 Å². The van der Waals surface area contributed by atoms with Crippen LogP contribution in [0.4, 0.5) is 0 Å². The zero-order valence-electron chi connectivity index (χ0n) is 3.06. The van der Waals surface area contributed by atoms with Crippen LogP contribution in [0, 0.1) is 0 Å². The predicted molar refractivity (Wildman–Crippen MR) is 15.6 cm³/mol. The van der Waals surface area contributed by atoms with Gasteiger partial charge in [0.05, 0.1) is 0 Å². The predicted octanol–water partition coefficient (Wildman–Crippen LogP) is -0.544. The molecule has 0 fully saturated rings. The molecule has 0 aliphatic carbocycles. The quantitative estimate of drug-likeness (QED) is 0.571. The summed E-state index contributed by atoms with van der Waals surface area (Å²) in [7, 11) is 0. The van der Waals surface area contributed by atoms with Gasteiger partial charge in [-0.2, -0.15) is 0 Å². The summed E-state index contributed by atoms with van der Waals surface area (Å²) in [5, 5.41) is 0. The second-order valence-corrected chi connectivity index (χ2v) is 5.56. The molecule has 5 heteroatoms. The molecule has 0 saturated heterocycles. The topological polar surface area (TPSA) is 46.5 Å². The maximum atomic E-state index is 9.91. The fourth-order valence-corrected chi connectivity index (χ4v) is 0. The molecule has 1 atom stereocenters. The van der Waals surface area contributed by atoms with Crippen LogP contribution in [0.25, 0.3) is 0 Å². The summed E-state index contributed by atoms with van der Waals surface area (Å²) < 4.78 is 21.9. The van der Waals surface area contributed by atoms with Gasteiger partial charge in [0.25, 0.3) is 0 Å². The molecule has 0 aromatic heterocycles. The molecule has 0 radical (unpaired) electrons. The Labute approximate surface area is 47.2 Å². The monoisotopic (exact) mass is 195 g/mol. The Morgan fingerprint density at radius 2 is 2.17 bits per heavy atom. The first-order chi connectivity index (χ1) is 2.56. The molecule has 0 spiro atoms. The van der Waals surface area contributed by atoms with Crippen molar-refractivity contribution in [3.63, 3.8) is 0 Å². The van der Waals surface area contributed by atoms with E-state index >= 15 is 0 Å². The number of hydrogen-bond acceptors (Lipinski definition) is 2. The Morgan fingerprint density at radius 1 is 2.00 bits per heavy atom. The van der Waals surface area contributed by atoms with E-state index in [1.807, 2.05) is 0 Å². The number of rotatable bonds is 1. The zero-order chi connectivity index (χ0) is 5.21. The molecule has 0 saturated carbocycles. The van der Waals surface area contributed by atoms with Gasteiger partial charge in [-0.1, -0.05) is 0 Å². The van der Waals surface area contributed by atoms with Gasteiger partial charge in [0.15, 0.2) is 0 Å². The summed E-state index contributed by atoms with van der Waals surface area (Å²) in [6.07, 6.45) is 0. The van der Waals surface area contributed by atoms with Gasteiger partial charge >= 0.3 is 46.9 Å². The third kappa shape index (κ3) is 4.80. The molecule has 0 heterocycles. The molecule has 6 heavy (non-hydrogen) atoms. The Bertz CT molecular complexity index is 74.9. The van der Waals surface area contributed by atoms with Crippen molar-refractivity contribution >= 4 is 14.2 Å². The summed E-state index contributed by atoms with van der Waals surface area (Å²) in [6, 6.07) is 0. The average Bonchev–Trinajstić information content (AvgIpc) is 1.35. The van der Waals surface area contributed by atoms with E-state index in [1.165, 1.54) is 0 Å². The van der Waals surface area contributed by atoms with Crippen molar-refractivity contribution in [3.8, 4) is 0 Å². The minimum absolute atomic E-state index is 1.13. The fraction of sp³-hybridized carbons (Fsp3) is 1.00. The van der Waals surface area contributed by atoms with Gasteiger partial charge in [0, 0.05) is 0 Å². The molecule has 0 aliphatic rings. The van der Waals surface area contributed by atoms with E-state index in [0.717, 1.165) is 5.71 Å². The summed E-state index contributed by atoms with van der Waals surface area (Å²) >= 11 is -1.000. The van der Waals surface area contributed by atoms with Crippen LogP contribution in [-0.2, 0) is 22.9 Å². The molecular weight excluding hydrogens is 191 g/mol. The van der Waals surface area contributed by atoms with E-state index in [-0.39, 0.29) is 0 Å². The second kappa shape index (κ2) is 2.19. The maximum absolute atomic E-state index is 9.91. The van der Waals surface area contributed by atoms with E-state index in [4.69, 9.17) is 4.10 Å². The van der Waals surface area contributed by atoms with Crippen LogP contribution in [0.2, 0.25) is 5.71 Å². The van der Waals surface area contributed by atoms with Crippen LogP contribution in [0.5, 0.6) is 0 Å². The molecule has 0 aromatic carbocycles. The fourth-order valence-electron chi connectivity index (χ4n) is 0. The molecule has 0 aliphatic heterocycles. The summed E-state index contributed by atoms with van der Waals surface area (Å²) in [5.41, 5.74) is 1.13. The van der Waals surface area contributed by atoms with Crippen LogP contribution in [0.15, 0.2) is 0 Å². The standard InChI is InChI=1S/CH5AsO3.Fe/c1-2(3,4)5;/h1H3,(H2,3,4,5);/q;+1/p-1. The first-order valence-electron chi connectivity index (χ1n) is 1.16. The molecular formula is CH4AsFeO3. The van der Waals surface area contributed by atoms with E-state index < -0.39 is 14.2 Å². The van der Waals surface area contributed by atoms with Crippen molar-refractivity contribution in [3.05, 3.63) is 0 Å². The van der Waals surface area contributed by atoms with Crippen LogP contribution < -0.4 is 0 Å². The number of hydrogen-bond donors (Lipinski definition) is 1. The van der Waals surface area contributed by atoms with Crippen molar-refractivity contribution in [2.24, 2.45) is 0 Å². The Morgan fingerprint density at radius 3 is 2.17 bits per heavy atom. The van der Waals surface area contributed by atoms with Crippen molar-refractivity contribution < 1.29 is 27.0 Å². The summed E-state index contributed by atoms with van der Waals surface area (Å²) in [4.78, 5) is 0. The van der Waals surface area contributed by atoms with E-state index in [1.54, 1.807) is 0 Å². The molecule has 3 nitrogen and oxygen atoms in total. The summed E-state index contributed by atoms with van der Waals surface area (Å²) in [6.45, 7) is 0. The van der Waals surface area contributed by atoms with E-state index in [9.17, 15) is 3.74 Å². The van der Waals surface area contributed by atoms with Gasteiger partial charge in [-0.15, -0.1) is 0 Å². The minimum atomic E-state index is -3.77. The Hall–Kier alpha value is 0.798. The molecule has 0 bridgehead atoms. The normalized spacial score (nSPS) is 19.8. The van der Waals surface area contributed by atoms with Gasteiger partial charge in [-0.05, 0) is 0 Å². The third-order valence-electron chi connectivity index (χ3n) is 0.120. The molecule has 39 valence electrons. The Kier molecular flexibility index (Phi) is 2.49. The third-order valence-corrected chi connectivity index (χ3v) is 2.57. The van der Waals surface area contributed by atoms with Gasteiger partial charge in [0.1, 0.15) is 0 Å². The molecule has 1 N–H and O–H groups in total. The van der Waals surface area contributed by atoms with Gasteiger partial charge in [0.2, 0.25) is 0 Å². The Balaban J connectivity index is 3.48. The van der Waals surface area contributed by atoms with Gasteiger partial charge < -0.3 is 0 Å².